The molecule has 1 amide bonds. The highest BCUT2D eigenvalue weighted by Gasteiger charge is 2.15. The first kappa shape index (κ1) is 20.0. The number of carbonyl (C=O) groups is 1. The van der Waals surface area contributed by atoms with Gasteiger partial charge in [0.25, 0.3) is 5.91 Å². The van der Waals surface area contributed by atoms with E-state index >= 15 is 0 Å². The number of carbonyl (C=O) groups excluding carboxylic acids is 1. The maximum atomic E-state index is 12.7. The Balaban J connectivity index is 2.15. The van der Waals surface area contributed by atoms with Crippen molar-refractivity contribution in [1.29, 1.82) is 0 Å². The molecular formula is C22H30N2O2. The van der Waals surface area contributed by atoms with Crippen molar-refractivity contribution < 1.29 is 9.53 Å². The quantitative estimate of drug-likeness (QED) is 0.745. The van der Waals surface area contributed by atoms with Gasteiger partial charge in [0.2, 0.25) is 0 Å². The molecule has 4 nitrogen and oxygen atoms in total. The van der Waals surface area contributed by atoms with Gasteiger partial charge in [-0.15, -0.1) is 0 Å². The minimum absolute atomic E-state index is 0.0384. The van der Waals surface area contributed by atoms with Gasteiger partial charge in [0, 0.05) is 18.2 Å². The summed E-state index contributed by atoms with van der Waals surface area (Å²) in [6.07, 6.45) is 1.13. The van der Waals surface area contributed by atoms with E-state index in [0.717, 1.165) is 23.3 Å². The van der Waals surface area contributed by atoms with Crippen molar-refractivity contribution in [2.75, 3.05) is 6.54 Å². The van der Waals surface area contributed by atoms with E-state index in [9.17, 15) is 4.79 Å². The smallest absolute Gasteiger partial charge is 0.251 e. The summed E-state index contributed by atoms with van der Waals surface area (Å²) in [5.74, 6) is 1.10. The number of nitrogens with two attached hydrogens (primary N) is 1. The third-order valence-corrected chi connectivity index (χ3v) is 4.58. The summed E-state index contributed by atoms with van der Waals surface area (Å²) in [5.41, 5.74) is 8.67. The lowest BCUT2D eigenvalue weighted by atomic mass is 9.98. The number of nitrogens with one attached hydrogen (secondary N) is 1. The van der Waals surface area contributed by atoms with Gasteiger partial charge in [0.05, 0.1) is 6.10 Å². The molecule has 2 aromatic carbocycles. The minimum atomic E-state index is -0.0955. The Morgan fingerprint density at radius 3 is 2.35 bits per heavy atom. The largest absolute Gasteiger partial charge is 0.491 e. The molecule has 26 heavy (non-hydrogen) atoms. The van der Waals surface area contributed by atoms with Crippen LogP contribution < -0.4 is 15.8 Å². The van der Waals surface area contributed by atoms with E-state index in [2.05, 4.69) is 19.2 Å². The van der Waals surface area contributed by atoms with Crippen molar-refractivity contribution in [3.05, 3.63) is 54.1 Å². The van der Waals surface area contributed by atoms with Crippen LogP contribution in [-0.2, 0) is 0 Å². The van der Waals surface area contributed by atoms with E-state index in [1.807, 2.05) is 62.4 Å². The van der Waals surface area contributed by atoms with Crippen LogP contribution in [0.4, 0.5) is 0 Å². The lowest BCUT2D eigenvalue weighted by molar-refractivity contribution is 0.0949. The van der Waals surface area contributed by atoms with Crippen molar-refractivity contribution in [1.82, 2.24) is 5.32 Å². The molecule has 0 spiro atoms. The van der Waals surface area contributed by atoms with Gasteiger partial charge in [0.1, 0.15) is 5.75 Å². The molecule has 0 unspecified atom stereocenters. The van der Waals surface area contributed by atoms with E-state index in [-0.39, 0.29) is 18.1 Å². The SMILES string of the molecule is CC[C@H](C)[C@H](N)CNC(=O)c1ccccc1-c1ccc(OC(C)C)cc1. The van der Waals surface area contributed by atoms with Crippen LogP contribution in [0.15, 0.2) is 48.5 Å². The first-order valence-corrected chi connectivity index (χ1v) is 9.32. The fraction of sp³-hybridized carbons (Fsp3) is 0.409. The van der Waals surface area contributed by atoms with Crippen LogP contribution in [0.1, 0.15) is 44.5 Å². The van der Waals surface area contributed by atoms with E-state index in [1.165, 1.54) is 0 Å². The number of ether oxygens (including phenoxy) is 1. The Morgan fingerprint density at radius 1 is 1.08 bits per heavy atom. The number of amides is 1. The zero-order valence-electron chi connectivity index (χ0n) is 16.2. The second-order valence-electron chi connectivity index (χ2n) is 7.00. The third kappa shape index (κ3) is 5.33. The average molecular weight is 354 g/mol. The Bertz CT molecular complexity index is 710. The van der Waals surface area contributed by atoms with Gasteiger partial charge in [-0.3, -0.25) is 4.79 Å². The van der Waals surface area contributed by atoms with Crippen LogP contribution in [0.25, 0.3) is 11.1 Å². The minimum Gasteiger partial charge on any atom is -0.491 e. The highest BCUT2D eigenvalue weighted by atomic mass is 16.5. The standard InChI is InChI=1S/C22H30N2O2/c1-5-16(4)21(23)14-24-22(25)20-9-7-6-8-19(20)17-10-12-18(13-11-17)26-15(2)3/h6-13,15-16,21H,5,14,23H2,1-4H3,(H,24,25)/t16-,21+/m0/s1. The van der Waals surface area contributed by atoms with Crippen LogP contribution >= 0.6 is 0 Å². The summed E-state index contributed by atoms with van der Waals surface area (Å²) in [7, 11) is 0. The van der Waals surface area contributed by atoms with E-state index < -0.39 is 0 Å². The number of benzene rings is 2. The van der Waals surface area contributed by atoms with Crippen molar-refractivity contribution in [2.24, 2.45) is 11.7 Å². The van der Waals surface area contributed by atoms with Crippen LogP contribution in [-0.4, -0.2) is 24.6 Å². The normalized spacial score (nSPS) is 13.3. The van der Waals surface area contributed by atoms with Gasteiger partial charge in [-0.1, -0.05) is 50.6 Å². The summed E-state index contributed by atoms with van der Waals surface area (Å²) in [4.78, 5) is 12.7. The molecule has 0 radical (unpaired) electrons. The third-order valence-electron chi connectivity index (χ3n) is 4.58. The molecule has 0 aliphatic rings. The van der Waals surface area contributed by atoms with Crippen molar-refractivity contribution >= 4 is 5.91 Å². The monoisotopic (exact) mass is 354 g/mol. The molecular weight excluding hydrogens is 324 g/mol. The Kier molecular flexibility index (Phi) is 7.22. The molecule has 0 heterocycles. The molecule has 4 heteroatoms. The summed E-state index contributed by atoms with van der Waals surface area (Å²) in [5, 5.41) is 2.97. The van der Waals surface area contributed by atoms with Crippen molar-refractivity contribution in [3.8, 4) is 16.9 Å². The number of rotatable bonds is 8. The lowest BCUT2D eigenvalue weighted by Gasteiger charge is -2.19. The average Bonchev–Trinajstić information content (AvgIpc) is 2.65. The molecule has 0 bridgehead atoms. The Labute approximate surface area is 156 Å². The van der Waals surface area contributed by atoms with Crippen LogP contribution in [0.5, 0.6) is 5.75 Å². The first-order chi connectivity index (χ1) is 12.4. The number of hydrogen-bond acceptors (Lipinski definition) is 3. The predicted molar refractivity (Wildman–Crippen MR) is 107 cm³/mol. The second kappa shape index (κ2) is 9.39. The van der Waals surface area contributed by atoms with Gasteiger partial charge in [-0.2, -0.15) is 0 Å². The maximum Gasteiger partial charge on any atom is 0.251 e. The zero-order valence-corrected chi connectivity index (χ0v) is 16.2. The maximum absolute atomic E-state index is 12.7. The van der Waals surface area contributed by atoms with Gasteiger partial charge in [-0.05, 0) is 49.1 Å². The van der Waals surface area contributed by atoms with E-state index in [1.54, 1.807) is 0 Å². The molecule has 0 saturated carbocycles. The van der Waals surface area contributed by atoms with Crippen molar-refractivity contribution in [2.45, 2.75) is 46.3 Å². The molecule has 0 aliphatic heterocycles. The molecule has 2 aromatic rings. The molecule has 3 N–H and O–H groups in total. The fourth-order valence-corrected chi connectivity index (χ4v) is 2.73. The second-order valence-corrected chi connectivity index (χ2v) is 7.00. The fourth-order valence-electron chi connectivity index (χ4n) is 2.73. The zero-order chi connectivity index (χ0) is 19.1. The molecule has 0 aromatic heterocycles. The topological polar surface area (TPSA) is 64.3 Å². The van der Waals surface area contributed by atoms with E-state index in [0.29, 0.717) is 18.0 Å². The lowest BCUT2D eigenvalue weighted by Crippen LogP contribution is -2.41. The van der Waals surface area contributed by atoms with Gasteiger partial charge < -0.3 is 15.8 Å². The summed E-state index contributed by atoms with van der Waals surface area (Å²) >= 11 is 0. The molecule has 0 fully saturated rings. The number of hydrogen-bond donors (Lipinski definition) is 2. The first-order valence-electron chi connectivity index (χ1n) is 9.32. The van der Waals surface area contributed by atoms with Gasteiger partial charge in [-0.25, -0.2) is 0 Å². The summed E-state index contributed by atoms with van der Waals surface area (Å²) in [6.45, 7) is 8.68. The Hall–Kier alpha value is -2.33. The summed E-state index contributed by atoms with van der Waals surface area (Å²) in [6, 6.07) is 15.4. The van der Waals surface area contributed by atoms with Gasteiger partial charge in [0.15, 0.2) is 0 Å². The molecule has 2 atom stereocenters. The molecule has 0 saturated heterocycles. The molecule has 2 rings (SSSR count). The van der Waals surface area contributed by atoms with Gasteiger partial charge >= 0.3 is 0 Å². The van der Waals surface area contributed by atoms with Crippen LogP contribution in [0.2, 0.25) is 0 Å². The highest BCUT2D eigenvalue weighted by molar-refractivity contribution is 6.00. The molecule has 140 valence electrons. The van der Waals surface area contributed by atoms with Crippen LogP contribution in [0.3, 0.4) is 0 Å². The van der Waals surface area contributed by atoms with E-state index in [4.69, 9.17) is 10.5 Å². The summed E-state index contributed by atoms with van der Waals surface area (Å²) < 4.78 is 5.69. The predicted octanol–water partition coefficient (Wildman–Crippen LogP) is 4.24. The molecule has 0 aliphatic carbocycles. The highest BCUT2D eigenvalue weighted by Crippen LogP contribution is 2.26. The Morgan fingerprint density at radius 2 is 1.73 bits per heavy atom. The van der Waals surface area contributed by atoms with Crippen LogP contribution in [0, 0.1) is 5.92 Å². The van der Waals surface area contributed by atoms with Crippen molar-refractivity contribution in [3.63, 3.8) is 0 Å².